The van der Waals surface area contributed by atoms with Gasteiger partial charge in [0, 0.05) is 67.5 Å². The van der Waals surface area contributed by atoms with E-state index in [2.05, 4.69) is 57.8 Å². The number of aliphatic hydroxyl groups is 1. The molecular weight excluding hydrogens is 392 g/mol. The molecule has 5 nitrogen and oxygen atoms in total. The number of hydrogen-bond acceptors (Lipinski definition) is 6. The fraction of sp³-hybridized carbons (Fsp3) is 0.625. The van der Waals surface area contributed by atoms with Crippen LogP contribution in [-0.4, -0.2) is 82.2 Å². The molecule has 0 saturated carbocycles. The third kappa shape index (κ3) is 5.29. The molecule has 6 heteroatoms. The second-order valence-electron chi connectivity index (χ2n) is 9.00. The van der Waals surface area contributed by atoms with E-state index in [1.165, 1.54) is 36.4 Å². The zero-order chi connectivity index (χ0) is 20.9. The molecule has 0 bridgehead atoms. The maximum absolute atomic E-state index is 9.69. The first-order valence-corrected chi connectivity index (χ1v) is 12.3. The van der Waals surface area contributed by atoms with E-state index in [-0.39, 0.29) is 6.61 Å². The Kier molecular flexibility index (Phi) is 7.55. The molecule has 30 heavy (non-hydrogen) atoms. The molecule has 2 aromatic rings. The van der Waals surface area contributed by atoms with Crippen LogP contribution in [0.2, 0.25) is 0 Å². The van der Waals surface area contributed by atoms with E-state index in [0.717, 1.165) is 37.6 Å². The van der Waals surface area contributed by atoms with E-state index in [1.54, 1.807) is 11.3 Å². The van der Waals surface area contributed by atoms with Crippen LogP contribution >= 0.6 is 11.3 Å². The molecule has 0 radical (unpaired) electrons. The third-order valence-corrected chi connectivity index (χ3v) is 7.76. The van der Waals surface area contributed by atoms with Crippen molar-refractivity contribution in [1.82, 2.24) is 19.7 Å². The van der Waals surface area contributed by atoms with Crippen LogP contribution in [0.4, 0.5) is 0 Å². The molecule has 0 unspecified atom stereocenters. The van der Waals surface area contributed by atoms with Crippen LogP contribution in [0.15, 0.2) is 36.5 Å². The number of hydrogen-bond donors (Lipinski definition) is 1. The number of rotatable bonds is 7. The highest BCUT2D eigenvalue weighted by atomic mass is 32.1. The van der Waals surface area contributed by atoms with E-state index in [1.807, 2.05) is 12.3 Å². The zero-order valence-electron chi connectivity index (χ0n) is 18.4. The Labute approximate surface area is 185 Å². The minimum Gasteiger partial charge on any atom is -0.396 e. The summed E-state index contributed by atoms with van der Waals surface area (Å²) in [7, 11) is 0. The molecule has 0 aliphatic carbocycles. The summed E-state index contributed by atoms with van der Waals surface area (Å²) < 4.78 is 0. The first kappa shape index (κ1) is 21.9. The highest BCUT2D eigenvalue weighted by molar-refractivity contribution is 7.15. The maximum Gasteiger partial charge on any atom is 0.123 e. The minimum absolute atomic E-state index is 0.276. The Morgan fingerprint density at radius 2 is 1.87 bits per heavy atom. The number of piperazine rings is 1. The van der Waals surface area contributed by atoms with Gasteiger partial charge in [-0.25, -0.2) is 4.98 Å². The number of benzene rings is 1. The molecule has 3 heterocycles. The molecule has 164 valence electrons. The molecule has 2 fully saturated rings. The molecule has 2 aliphatic heterocycles. The Bertz CT molecular complexity index is 773. The smallest absolute Gasteiger partial charge is 0.123 e. The molecular formula is C24H36N4OS. The van der Waals surface area contributed by atoms with Crippen LogP contribution in [0.5, 0.6) is 0 Å². The number of piperidine rings is 1. The van der Waals surface area contributed by atoms with Crippen molar-refractivity contribution in [1.29, 1.82) is 0 Å². The van der Waals surface area contributed by atoms with Crippen molar-refractivity contribution in [3.63, 3.8) is 0 Å². The van der Waals surface area contributed by atoms with Crippen LogP contribution in [0.3, 0.4) is 0 Å². The molecule has 0 amide bonds. The maximum atomic E-state index is 9.69. The second kappa shape index (κ2) is 10.3. The second-order valence-corrected chi connectivity index (χ2v) is 10.1. The lowest BCUT2D eigenvalue weighted by Gasteiger charge is -2.48. The van der Waals surface area contributed by atoms with Crippen LogP contribution in [0, 0.1) is 0 Å². The Hall–Kier alpha value is -1.31. The first-order chi connectivity index (χ1) is 14.6. The summed E-state index contributed by atoms with van der Waals surface area (Å²) in [5.74, 6) is 0. The van der Waals surface area contributed by atoms with Crippen LogP contribution in [0.1, 0.15) is 38.0 Å². The molecule has 1 N–H and O–H groups in total. The quantitative estimate of drug-likeness (QED) is 0.731. The lowest BCUT2D eigenvalue weighted by Crippen LogP contribution is -2.58. The van der Waals surface area contributed by atoms with Gasteiger partial charge in [-0.15, -0.1) is 11.3 Å². The molecule has 1 aromatic carbocycles. The fourth-order valence-electron chi connectivity index (χ4n) is 5.01. The van der Waals surface area contributed by atoms with Gasteiger partial charge in [0.05, 0.1) is 0 Å². The Morgan fingerprint density at radius 1 is 1.10 bits per heavy atom. The molecule has 2 saturated heterocycles. The number of likely N-dealkylation sites (tertiary alicyclic amines) is 1. The Balaban J connectivity index is 1.35. The van der Waals surface area contributed by atoms with Crippen LogP contribution in [-0.2, 0) is 6.54 Å². The van der Waals surface area contributed by atoms with Gasteiger partial charge in [-0.2, -0.15) is 0 Å². The highest BCUT2D eigenvalue weighted by Crippen LogP contribution is 2.28. The lowest BCUT2D eigenvalue weighted by atomic mass is 9.97. The van der Waals surface area contributed by atoms with Gasteiger partial charge in [-0.05, 0) is 46.2 Å². The van der Waals surface area contributed by atoms with Crippen LogP contribution in [0.25, 0.3) is 10.6 Å². The summed E-state index contributed by atoms with van der Waals surface area (Å²) in [6.07, 6.45) is 5.44. The number of nitrogens with zero attached hydrogens (tertiary/aromatic N) is 4. The normalized spacial score (nSPS) is 22.7. The molecule has 1 atom stereocenters. The summed E-state index contributed by atoms with van der Waals surface area (Å²) >= 11 is 1.80. The largest absolute Gasteiger partial charge is 0.396 e. The Morgan fingerprint density at radius 3 is 2.57 bits per heavy atom. The van der Waals surface area contributed by atoms with E-state index >= 15 is 0 Å². The van der Waals surface area contributed by atoms with Gasteiger partial charge in [-0.1, -0.05) is 30.3 Å². The molecule has 4 rings (SSSR count). The van der Waals surface area contributed by atoms with Gasteiger partial charge in [0.2, 0.25) is 0 Å². The molecule has 2 aliphatic rings. The average Bonchev–Trinajstić information content (AvgIpc) is 3.23. The first-order valence-electron chi connectivity index (χ1n) is 11.5. The third-order valence-electron chi connectivity index (χ3n) is 6.73. The average molecular weight is 429 g/mol. The van der Waals surface area contributed by atoms with E-state index in [0.29, 0.717) is 18.1 Å². The van der Waals surface area contributed by atoms with Crippen molar-refractivity contribution in [3.05, 3.63) is 41.4 Å². The van der Waals surface area contributed by atoms with E-state index in [9.17, 15) is 5.11 Å². The van der Waals surface area contributed by atoms with Crippen molar-refractivity contribution in [2.24, 2.45) is 0 Å². The standard InChI is InChI=1S/C24H36N4OS/c1-19(2)27-11-8-21(9-12-27)28-14-13-26(17-22(28)10-15-29)18-23-16-25-24(30-23)20-6-4-3-5-7-20/h3-7,16,19,21-22,29H,8-15,17-18H2,1-2H3/t22-/m0/s1. The fourth-order valence-corrected chi connectivity index (χ4v) is 5.97. The molecule has 0 spiro atoms. The van der Waals surface area contributed by atoms with Gasteiger partial charge < -0.3 is 10.0 Å². The van der Waals surface area contributed by atoms with E-state index < -0.39 is 0 Å². The van der Waals surface area contributed by atoms with Gasteiger partial charge in [0.1, 0.15) is 5.01 Å². The van der Waals surface area contributed by atoms with Gasteiger partial charge in [-0.3, -0.25) is 9.80 Å². The number of thiazole rings is 1. The van der Waals surface area contributed by atoms with Crippen molar-refractivity contribution < 1.29 is 5.11 Å². The topological polar surface area (TPSA) is 42.8 Å². The van der Waals surface area contributed by atoms with Crippen LogP contribution < -0.4 is 0 Å². The van der Waals surface area contributed by atoms with Crippen molar-refractivity contribution in [3.8, 4) is 10.6 Å². The number of aromatic nitrogens is 1. The van der Waals surface area contributed by atoms with E-state index in [4.69, 9.17) is 0 Å². The van der Waals surface area contributed by atoms with Crippen molar-refractivity contribution in [2.75, 3.05) is 39.3 Å². The SMILES string of the molecule is CC(C)N1CCC(N2CCN(Cc3cnc(-c4ccccc4)s3)C[C@@H]2CCO)CC1. The van der Waals surface area contributed by atoms with Gasteiger partial charge in [0.25, 0.3) is 0 Å². The summed E-state index contributed by atoms with van der Waals surface area (Å²) in [5, 5.41) is 10.8. The number of aliphatic hydroxyl groups excluding tert-OH is 1. The predicted octanol–water partition coefficient (Wildman–Crippen LogP) is 3.55. The van der Waals surface area contributed by atoms with Crippen molar-refractivity contribution >= 4 is 11.3 Å². The summed E-state index contributed by atoms with van der Waals surface area (Å²) in [5.41, 5.74) is 1.20. The van der Waals surface area contributed by atoms with Gasteiger partial charge in [0.15, 0.2) is 0 Å². The lowest BCUT2D eigenvalue weighted by molar-refractivity contribution is 0.000217. The summed E-state index contributed by atoms with van der Waals surface area (Å²) in [4.78, 5) is 13.9. The summed E-state index contributed by atoms with van der Waals surface area (Å²) in [6, 6.07) is 12.2. The minimum atomic E-state index is 0.276. The monoisotopic (exact) mass is 428 g/mol. The molecule has 1 aromatic heterocycles. The highest BCUT2D eigenvalue weighted by Gasteiger charge is 2.34. The zero-order valence-corrected chi connectivity index (χ0v) is 19.2. The predicted molar refractivity (Wildman–Crippen MR) is 125 cm³/mol. The summed E-state index contributed by atoms with van der Waals surface area (Å²) in [6.45, 7) is 11.5. The van der Waals surface area contributed by atoms with Gasteiger partial charge >= 0.3 is 0 Å². The van der Waals surface area contributed by atoms with Crippen molar-refractivity contribution in [2.45, 2.75) is 57.8 Å².